The molecule has 7 heteroatoms. The molecule has 1 aliphatic heterocycles. The number of rotatable bonds is 4. The van der Waals surface area contributed by atoms with Gasteiger partial charge in [0.25, 0.3) is 0 Å². The van der Waals surface area contributed by atoms with Crippen molar-refractivity contribution in [3.05, 3.63) is 0 Å². The Morgan fingerprint density at radius 1 is 1.26 bits per heavy atom. The molecule has 0 amide bonds. The van der Waals surface area contributed by atoms with Crippen LogP contribution in [0.4, 0.5) is 13.2 Å². The van der Waals surface area contributed by atoms with Crippen LogP contribution in [-0.2, 0) is 0 Å². The van der Waals surface area contributed by atoms with Crippen molar-refractivity contribution in [1.29, 1.82) is 0 Å². The minimum absolute atomic E-state index is 0.0360. The second-order valence-electron chi connectivity index (χ2n) is 7.07. The first kappa shape index (κ1) is 18.4. The molecule has 4 nitrogen and oxygen atoms in total. The number of nitrogens with one attached hydrogen (secondary N) is 2. The zero-order valence-corrected chi connectivity index (χ0v) is 14.1. The van der Waals surface area contributed by atoms with E-state index >= 15 is 0 Å². The van der Waals surface area contributed by atoms with E-state index in [0.29, 0.717) is 25.0 Å². The number of likely N-dealkylation sites (tertiary alicyclic amines) is 1. The molecule has 0 spiro atoms. The maximum atomic E-state index is 12.4. The maximum absolute atomic E-state index is 12.4. The smallest absolute Gasteiger partial charge is 0.356 e. The van der Waals surface area contributed by atoms with Gasteiger partial charge in [0.2, 0.25) is 0 Å². The third-order valence-electron chi connectivity index (χ3n) is 4.84. The topological polar surface area (TPSA) is 39.7 Å². The highest BCUT2D eigenvalue weighted by Crippen LogP contribution is 2.27. The third kappa shape index (κ3) is 6.57. The van der Waals surface area contributed by atoms with E-state index in [1.165, 1.54) is 30.6 Å². The van der Waals surface area contributed by atoms with Gasteiger partial charge in [0, 0.05) is 32.7 Å². The highest BCUT2D eigenvalue weighted by Gasteiger charge is 2.34. The predicted octanol–water partition coefficient (Wildman–Crippen LogP) is 2.61. The Hall–Kier alpha value is -0.980. The summed E-state index contributed by atoms with van der Waals surface area (Å²) in [4.78, 5) is 5.66. The van der Waals surface area contributed by atoms with Crippen molar-refractivity contribution >= 4 is 5.96 Å². The number of nitrogens with zero attached hydrogens (tertiary/aromatic N) is 2. The fourth-order valence-corrected chi connectivity index (χ4v) is 3.72. The first-order chi connectivity index (χ1) is 10.9. The molecular weight excluding hydrogens is 305 g/mol. The summed E-state index contributed by atoms with van der Waals surface area (Å²) in [6.45, 7) is 3.27. The molecule has 2 rings (SSSR count). The molecule has 1 heterocycles. The summed E-state index contributed by atoms with van der Waals surface area (Å²) < 4.78 is 37.3. The summed E-state index contributed by atoms with van der Waals surface area (Å²) in [5, 5.41) is 6.61. The lowest BCUT2D eigenvalue weighted by Crippen LogP contribution is -2.46. The van der Waals surface area contributed by atoms with E-state index < -0.39 is 12.7 Å². The molecule has 2 aliphatic rings. The minimum atomic E-state index is -4.12. The summed E-state index contributed by atoms with van der Waals surface area (Å²) >= 11 is 0. The lowest BCUT2D eigenvalue weighted by molar-refractivity contribution is -0.143. The molecular formula is C16H29F3N4. The molecule has 2 N–H and O–H groups in total. The van der Waals surface area contributed by atoms with E-state index in [9.17, 15) is 13.2 Å². The van der Waals surface area contributed by atoms with Crippen molar-refractivity contribution in [3.8, 4) is 0 Å². The lowest BCUT2D eigenvalue weighted by Gasteiger charge is -2.28. The Bertz CT molecular complexity index is 397. The molecule has 0 radical (unpaired) electrons. The number of hydrogen-bond donors (Lipinski definition) is 2. The van der Waals surface area contributed by atoms with Gasteiger partial charge in [-0.25, -0.2) is 0 Å². The average Bonchev–Trinajstić information content (AvgIpc) is 2.88. The van der Waals surface area contributed by atoms with Gasteiger partial charge in [0.05, 0.1) is 6.54 Å². The van der Waals surface area contributed by atoms with E-state index in [1.54, 1.807) is 7.05 Å². The Morgan fingerprint density at radius 3 is 2.70 bits per heavy atom. The number of hydrogen-bond acceptors (Lipinski definition) is 2. The van der Waals surface area contributed by atoms with Crippen LogP contribution in [0.5, 0.6) is 0 Å². The number of alkyl halides is 3. The molecule has 1 aliphatic carbocycles. The quantitative estimate of drug-likeness (QED) is 0.613. The van der Waals surface area contributed by atoms with Gasteiger partial charge >= 0.3 is 6.18 Å². The molecule has 134 valence electrons. The number of halogens is 3. The second kappa shape index (κ2) is 8.22. The van der Waals surface area contributed by atoms with Crippen LogP contribution < -0.4 is 10.6 Å². The molecule has 1 saturated carbocycles. The molecule has 1 saturated heterocycles. The van der Waals surface area contributed by atoms with Crippen molar-refractivity contribution in [2.75, 3.05) is 33.2 Å². The fourth-order valence-electron chi connectivity index (χ4n) is 3.72. The van der Waals surface area contributed by atoms with E-state index in [1.807, 2.05) is 0 Å². The molecule has 23 heavy (non-hydrogen) atoms. The minimum Gasteiger partial charge on any atom is -0.356 e. The Morgan fingerprint density at radius 2 is 2.04 bits per heavy atom. The Labute approximate surface area is 136 Å². The van der Waals surface area contributed by atoms with Crippen LogP contribution in [0.3, 0.4) is 0 Å². The van der Waals surface area contributed by atoms with Gasteiger partial charge in [0.1, 0.15) is 0 Å². The van der Waals surface area contributed by atoms with Gasteiger partial charge in [-0.1, -0.05) is 19.8 Å². The van der Waals surface area contributed by atoms with Crippen molar-refractivity contribution in [2.45, 2.75) is 51.2 Å². The lowest BCUT2D eigenvalue weighted by atomic mass is 9.82. The average molecular weight is 334 g/mol. The van der Waals surface area contributed by atoms with Crippen molar-refractivity contribution in [2.24, 2.45) is 16.8 Å². The van der Waals surface area contributed by atoms with Gasteiger partial charge in [0.15, 0.2) is 5.96 Å². The zero-order chi connectivity index (χ0) is 16.9. The highest BCUT2D eigenvalue weighted by atomic mass is 19.4. The fraction of sp³-hybridized carbons (Fsp3) is 0.938. The van der Waals surface area contributed by atoms with Crippen LogP contribution in [0.1, 0.15) is 39.0 Å². The van der Waals surface area contributed by atoms with E-state index in [4.69, 9.17) is 0 Å². The first-order valence-corrected chi connectivity index (χ1v) is 8.62. The summed E-state index contributed by atoms with van der Waals surface area (Å²) in [5.74, 6) is 2.17. The van der Waals surface area contributed by atoms with E-state index in [2.05, 4.69) is 22.5 Å². The molecule has 0 aromatic rings. The molecule has 0 aromatic heterocycles. The van der Waals surface area contributed by atoms with Crippen molar-refractivity contribution in [3.63, 3.8) is 0 Å². The van der Waals surface area contributed by atoms with Gasteiger partial charge in [-0.2, -0.15) is 13.2 Å². The summed E-state index contributed by atoms with van der Waals surface area (Å²) in [5.41, 5.74) is 0. The molecule has 2 fully saturated rings. The monoisotopic (exact) mass is 334 g/mol. The Kier molecular flexibility index (Phi) is 6.56. The molecule has 0 aromatic carbocycles. The SMILES string of the molecule is CN=C(NCC1CCCC(C)C1)NC1CCN(CC(F)(F)F)C1. The third-order valence-corrected chi connectivity index (χ3v) is 4.84. The van der Waals surface area contributed by atoms with Crippen LogP contribution in [0.25, 0.3) is 0 Å². The number of aliphatic imine (C=N–C) groups is 1. The van der Waals surface area contributed by atoms with Gasteiger partial charge < -0.3 is 10.6 Å². The van der Waals surface area contributed by atoms with Crippen LogP contribution in [-0.4, -0.2) is 56.3 Å². The van der Waals surface area contributed by atoms with Crippen molar-refractivity contribution < 1.29 is 13.2 Å². The maximum Gasteiger partial charge on any atom is 0.401 e. The Balaban J connectivity index is 1.71. The van der Waals surface area contributed by atoms with E-state index in [0.717, 1.165) is 18.9 Å². The highest BCUT2D eigenvalue weighted by molar-refractivity contribution is 5.80. The molecule has 3 atom stereocenters. The first-order valence-electron chi connectivity index (χ1n) is 8.62. The normalized spacial score (nSPS) is 30.5. The summed E-state index contributed by atoms with van der Waals surface area (Å²) in [6, 6.07) is 0.0360. The van der Waals surface area contributed by atoms with E-state index in [-0.39, 0.29) is 6.04 Å². The largest absolute Gasteiger partial charge is 0.401 e. The van der Waals surface area contributed by atoms with Gasteiger partial charge in [-0.05, 0) is 31.1 Å². The van der Waals surface area contributed by atoms with Gasteiger partial charge in [-0.15, -0.1) is 0 Å². The second-order valence-corrected chi connectivity index (χ2v) is 7.07. The number of guanidine groups is 1. The zero-order valence-electron chi connectivity index (χ0n) is 14.1. The van der Waals surface area contributed by atoms with Crippen LogP contribution in [0.15, 0.2) is 4.99 Å². The van der Waals surface area contributed by atoms with Crippen LogP contribution in [0, 0.1) is 11.8 Å². The molecule has 0 bridgehead atoms. The summed E-state index contributed by atoms with van der Waals surface area (Å²) in [6.07, 6.45) is 1.70. The summed E-state index contributed by atoms with van der Waals surface area (Å²) in [7, 11) is 1.71. The standard InChI is InChI=1S/C16H29F3N4/c1-12-4-3-5-13(8-12)9-21-15(20-2)22-14-6-7-23(10-14)11-16(17,18)19/h12-14H,3-11H2,1-2H3,(H2,20,21,22). The molecule has 3 unspecified atom stereocenters. The van der Waals surface area contributed by atoms with Crippen LogP contribution >= 0.6 is 0 Å². The predicted molar refractivity (Wildman–Crippen MR) is 86.5 cm³/mol. The van der Waals surface area contributed by atoms with Crippen LogP contribution in [0.2, 0.25) is 0 Å². The van der Waals surface area contributed by atoms with Crippen molar-refractivity contribution in [1.82, 2.24) is 15.5 Å². The van der Waals surface area contributed by atoms with Gasteiger partial charge in [-0.3, -0.25) is 9.89 Å².